The summed E-state index contributed by atoms with van der Waals surface area (Å²) in [5, 5.41) is 4.15. The van der Waals surface area contributed by atoms with Crippen LogP contribution in [0, 0.1) is 0 Å². The highest BCUT2D eigenvalue weighted by atomic mass is 32.1. The lowest BCUT2D eigenvalue weighted by atomic mass is 10.3. The number of thiocarbonyl (C=S) groups is 1. The van der Waals surface area contributed by atoms with Gasteiger partial charge in [0.2, 0.25) is 0 Å². The summed E-state index contributed by atoms with van der Waals surface area (Å²) in [6.45, 7) is 4.39. The maximum Gasteiger partial charge on any atom is 0.168 e. The summed E-state index contributed by atoms with van der Waals surface area (Å²) < 4.78 is 0. The van der Waals surface area contributed by atoms with Gasteiger partial charge in [-0.3, -0.25) is 0 Å². The van der Waals surface area contributed by atoms with E-state index in [2.05, 4.69) is 29.2 Å². The summed E-state index contributed by atoms with van der Waals surface area (Å²) in [7, 11) is 4.21. The van der Waals surface area contributed by atoms with Crippen LogP contribution in [0.15, 0.2) is 0 Å². The highest BCUT2D eigenvalue weighted by Crippen LogP contribution is 2.00. The Morgan fingerprint density at radius 1 is 1.54 bits per heavy atom. The molecule has 4 heteroatoms. The van der Waals surface area contributed by atoms with Crippen LogP contribution in [-0.4, -0.2) is 55.2 Å². The summed E-state index contributed by atoms with van der Waals surface area (Å²) in [6.07, 6.45) is 2.40. The molecule has 3 nitrogen and oxygen atoms in total. The predicted molar refractivity (Wildman–Crippen MR) is 60.0 cm³/mol. The normalized spacial score (nSPS) is 17.8. The van der Waals surface area contributed by atoms with Crippen LogP contribution in [0.3, 0.4) is 0 Å². The van der Waals surface area contributed by atoms with Crippen molar-refractivity contribution in [2.24, 2.45) is 0 Å². The molecule has 0 saturated carbocycles. The molecule has 0 aromatic carbocycles. The topological polar surface area (TPSA) is 18.5 Å². The van der Waals surface area contributed by atoms with E-state index < -0.39 is 0 Å². The first-order valence-electron chi connectivity index (χ1n) is 4.87. The van der Waals surface area contributed by atoms with E-state index >= 15 is 0 Å². The van der Waals surface area contributed by atoms with Crippen molar-refractivity contribution >= 4 is 17.3 Å². The van der Waals surface area contributed by atoms with E-state index in [1.807, 2.05) is 0 Å². The van der Waals surface area contributed by atoms with E-state index in [1.165, 1.54) is 12.8 Å². The lowest BCUT2D eigenvalue weighted by molar-refractivity contribution is 0.330. The molecule has 0 amide bonds. The molecule has 1 heterocycles. The molecule has 1 N–H and O–H groups in total. The number of hydrogen-bond donors (Lipinski definition) is 1. The zero-order chi connectivity index (χ0) is 9.68. The Hall–Kier alpha value is -0.350. The van der Waals surface area contributed by atoms with Crippen LogP contribution >= 0.6 is 12.2 Å². The third-order valence-corrected chi connectivity index (χ3v) is 2.60. The van der Waals surface area contributed by atoms with Crippen molar-refractivity contribution < 1.29 is 0 Å². The summed E-state index contributed by atoms with van der Waals surface area (Å²) in [5.41, 5.74) is 0. The zero-order valence-electron chi connectivity index (χ0n) is 8.55. The molecule has 0 aromatic heterocycles. The molecule has 76 valence electrons. The predicted octanol–water partition coefficient (Wildman–Crippen LogP) is 0.518. The van der Waals surface area contributed by atoms with Crippen LogP contribution in [-0.2, 0) is 0 Å². The van der Waals surface area contributed by atoms with E-state index in [0.29, 0.717) is 0 Å². The first-order chi connectivity index (χ1) is 6.20. The van der Waals surface area contributed by atoms with Crippen LogP contribution < -0.4 is 5.32 Å². The third-order valence-electron chi connectivity index (χ3n) is 2.20. The van der Waals surface area contributed by atoms with Crippen molar-refractivity contribution in [3.63, 3.8) is 0 Å². The summed E-state index contributed by atoms with van der Waals surface area (Å²) in [6, 6.07) is 0. The Kier molecular flexibility index (Phi) is 4.45. The molecule has 0 bridgehead atoms. The number of hydrogen-bond acceptors (Lipinski definition) is 2. The lowest BCUT2D eigenvalue weighted by Gasteiger charge is -2.30. The maximum absolute atomic E-state index is 5.21. The fraction of sp³-hybridized carbons (Fsp3) is 0.889. The molecule has 1 aliphatic heterocycles. The highest BCUT2D eigenvalue weighted by molar-refractivity contribution is 7.80. The second-order valence-electron chi connectivity index (χ2n) is 3.73. The lowest BCUT2D eigenvalue weighted by Crippen LogP contribution is -2.46. The second-order valence-corrected chi connectivity index (χ2v) is 4.12. The Balaban J connectivity index is 2.15. The van der Waals surface area contributed by atoms with E-state index in [9.17, 15) is 0 Å². The molecule has 1 fully saturated rings. The average Bonchev–Trinajstić information content (AvgIpc) is 2.08. The van der Waals surface area contributed by atoms with Gasteiger partial charge in [-0.1, -0.05) is 0 Å². The molecular formula is C9H19N3S. The van der Waals surface area contributed by atoms with Gasteiger partial charge in [-0.2, -0.15) is 0 Å². The molecule has 13 heavy (non-hydrogen) atoms. The minimum absolute atomic E-state index is 0.935. The van der Waals surface area contributed by atoms with Gasteiger partial charge in [0.1, 0.15) is 0 Å². The van der Waals surface area contributed by atoms with E-state index in [4.69, 9.17) is 12.2 Å². The monoisotopic (exact) mass is 201 g/mol. The fourth-order valence-electron chi connectivity index (χ4n) is 1.47. The SMILES string of the molecule is CN(C)CCCN1CCCNC1=S. The van der Waals surface area contributed by atoms with Gasteiger partial charge in [0.15, 0.2) is 5.11 Å². The Labute approximate surface area is 86.1 Å². The summed E-state index contributed by atoms with van der Waals surface area (Å²) in [5.74, 6) is 0. The van der Waals surface area contributed by atoms with E-state index in [-0.39, 0.29) is 0 Å². The average molecular weight is 201 g/mol. The smallest absolute Gasteiger partial charge is 0.168 e. The highest BCUT2D eigenvalue weighted by Gasteiger charge is 2.12. The Bertz CT molecular complexity index is 170. The largest absolute Gasteiger partial charge is 0.362 e. The first kappa shape index (κ1) is 10.7. The fourth-order valence-corrected chi connectivity index (χ4v) is 1.75. The van der Waals surface area contributed by atoms with Crippen LogP contribution in [0.2, 0.25) is 0 Å². The van der Waals surface area contributed by atoms with Gasteiger partial charge >= 0.3 is 0 Å². The Morgan fingerprint density at radius 3 is 2.92 bits per heavy atom. The molecular weight excluding hydrogens is 182 g/mol. The standard InChI is InChI=1S/C9H19N3S/c1-11(2)6-4-8-12-7-3-5-10-9(12)13/h3-8H2,1-2H3,(H,10,13). The van der Waals surface area contributed by atoms with Crippen molar-refractivity contribution in [2.75, 3.05) is 40.3 Å². The van der Waals surface area contributed by atoms with Gasteiger partial charge in [-0.25, -0.2) is 0 Å². The van der Waals surface area contributed by atoms with Gasteiger partial charge in [0.05, 0.1) is 0 Å². The van der Waals surface area contributed by atoms with E-state index in [0.717, 1.165) is 31.3 Å². The van der Waals surface area contributed by atoms with Crippen LogP contribution in [0.4, 0.5) is 0 Å². The van der Waals surface area contributed by atoms with Gasteiger partial charge in [0.25, 0.3) is 0 Å². The van der Waals surface area contributed by atoms with Crippen LogP contribution in [0.5, 0.6) is 0 Å². The van der Waals surface area contributed by atoms with Crippen LogP contribution in [0.25, 0.3) is 0 Å². The third kappa shape index (κ3) is 3.91. The van der Waals surface area contributed by atoms with Crippen molar-refractivity contribution in [2.45, 2.75) is 12.8 Å². The number of nitrogens with zero attached hydrogens (tertiary/aromatic N) is 2. The van der Waals surface area contributed by atoms with Crippen molar-refractivity contribution in [3.05, 3.63) is 0 Å². The van der Waals surface area contributed by atoms with Crippen LogP contribution in [0.1, 0.15) is 12.8 Å². The molecule has 0 unspecified atom stereocenters. The Morgan fingerprint density at radius 2 is 2.31 bits per heavy atom. The molecule has 1 rings (SSSR count). The zero-order valence-corrected chi connectivity index (χ0v) is 9.36. The molecule has 1 saturated heterocycles. The minimum Gasteiger partial charge on any atom is -0.362 e. The molecule has 0 atom stereocenters. The van der Waals surface area contributed by atoms with Crippen molar-refractivity contribution in [1.29, 1.82) is 0 Å². The molecule has 0 spiro atoms. The quantitative estimate of drug-likeness (QED) is 0.668. The first-order valence-corrected chi connectivity index (χ1v) is 5.28. The molecule has 1 aliphatic rings. The minimum atomic E-state index is 0.935. The van der Waals surface area contributed by atoms with Gasteiger partial charge in [-0.15, -0.1) is 0 Å². The van der Waals surface area contributed by atoms with Gasteiger partial charge in [-0.05, 0) is 45.7 Å². The van der Waals surface area contributed by atoms with Crippen molar-refractivity contribution in [3.8, 4) is 0 Å². The van der Waals surface area contributed by atoms with Crippen molar-refractivity contribution in [1.82, 2.24) is 15.1 Å². The molecule has 0 aromatic rings. The summed E-state index contributed by atoms with van der Waals surface area (Å²) in [4.78, 5) is 4.47. The number of nitrogens with one attached hydrogen (secondary N) is 1. The summed E-state index contributed by atoms with van der Waals surface area (Å²) >= 11 is 5.21. The molecule has 0 aliphatic carbocycles. The number of rotatable bonds is 4. The molecule has 0 radical (unpaired) electrons. The second kappa shape index (κ2) is 5.40. The van der Waals surface area contributed by atoms with Gasteiger partial charge < -0.3 is 15.1 Å². The van der Waals surface area contributed by atoms with E-state index in [1.54, 1.807) is 0 Å². The van der Waals surface area contributed by atoms with Gasteiger partial charge in [0, 0.05) is 19.6 Å². The maximum atomic E-state index is 5.21.